The third-order valence-electron chi connectivity index (χ3n) is 5.90. The van der Waals surface area contributed by atoms with Crippen LogP contribution >= 0.6 is 0 Å². The first-order chi connectivity index (χ1) is 8.58. The highest BCUT2D eigenvalue weighted by Crippen LogP contribution is 2.57. The van der Waals surface area contributed by atoms with Gasteiger partial charge >= 0.3 is 0 Å². The molecule has 0 aromatic heterocycles. The van der Waals surface area contributed by atoms with E-state index in [0.717, 1.165) is 23.7 Å². The summed E-state index contributed by atoms with van der Waals surface area (Å²) in [6.07, 6.45) is 10.4. The van der Waals surface area contributed by atoms with Crippen LogP contribution in [0.3, 0.4) is 0 Å². The van der Waals surface area contributed by atoms with Gasteiger partial charge in [0.1, 0.15) is 0 Å². The molecule has 18 heavy (non-hydrogen) atoms. The summed E-state index contributed by atoms with van der Waals surface area (Å²) in [5.74, 6) is 4.04. The average Bonchev–Trinajstić information content (AvgIpc) is 2.38. The minimum absolute atomic E-state index is 0.695. The van der Waals surface area contributed by atoms with Crippen molar-refractivity contribution in [2.75, 3.05) is 0 Å². The molecule has 0 aromatic carbocycles. The van der Waals surface area contributed by atoms with Crippen molar-refractivity contribution < 1.29 is 0 Å². The highest BCUT2D eigenvalue weighted by atomic mass is 14.5. The Labute approximate surface area is 116 Å². The second kappa shape index (κ2) is 6.96. The van der Waals surface area contributed by atoms with Crippen molar-refractivity contribution in [2.45, 2.75) is 86.5 Å². The van der Waals surface area contributed by atoms with E-state index in [2.05, 4.69) is 27.7 Å². The molecule has 0 heteroatoms. The molecule has 2 rings (SSSR count). The lowest BCUT2D eigenvalue weighted by Gasteiger charge is -2.54. The first kappa shape index (κ1) is 16.1. The number of fused-ring (bicyclic) bond motifs is 1. The molecule has 0 radical (unpaired) electrons. The molecule has 0 heterocycles. The molecule has 0 saturated heterocycles. The van der Waals surface area contributed by atoms with Crippen LogP contribution in [0.15, 0.2) is 0 Å². The van der Waals surface area contributed by atoms with E-state index in [1.807, 2.05) is 13.8 Å². The number of hydrogen-bond donors (Lipinski definition) is 0. The fourth-order valence-corrected chi connectivity index (χ4v) is 4.81. The van der Waals surface area contributed by atoms with Gasteiger partial charge in [-0.3, -0.25) is 0 Å². The normalized spacial score (nSPS) is 43.7. The molecule has 0 aliphatic heterocycles. The Hall–Kier alpha value is 0. The molecular formula is C18H36. The van der Waals surface area contributed by atoms with Gasteiger partial charge in [0.2, 0.25) is 0 Å². The zero-order valence-corrected chi connectivity index (χ0v) is 13.8. The molecule has 5 unspecified atom stereocenters. The Kier molecular flexibility index (Phi) is 6.21. The third kappa shape index (κ3) is 3.11. The molecule has 2 fully saturated rings. The molecule has 0 aromatic rings. The summed E-state index contributed by atoms with van der Waals surface area (Å²) in [6.45, 7) is 14.0. The Morgan fingerprint density at radius 2 is 1.72 bits per heavy atom. The van der Waals surface area contributed by atoms with Gasteiger partial charge in [0.25, 0.3) is 0 Å². The highest BCUT2D eigenvalue weighted by molar-refractivity contribution is 4.97. The maximum Gasteiger partial charge on any atom is -0.0266 e. The van der Waals surface area contributed by atoms with Gasteiger partial charge in [-0.1, -0.05) is 60.8 Å². The summed E-state index contributed by atoms with van der Waals surface area (Å²) >= 11 is 0. The van der Waals surface area contributed by atoms with Gasteiger partial charge in [0, 0.05) is 0 Å². The topological polar surface area (TPSA) is 0 Å². The molecule has 0 bridgehead atoms. The van der Waals surface area contributed by atoms with Crippen molar-refractivity contribution in [3.8, 4) is 0 Å². The van der Waals surface area contributed by atoms with Crippen LogP contribution in [0.4, 0.5) is 0 Å². The van der Waals surface area contributed by atoms with Crippen LogP contribution in [0, 0.1) is 29.1 Å². The SMILES string of the molecule is CC.CCCC1C(C)CCC2CC(C)CCC21C. The summed E-state index contributed by atoms with van der Waals surface area (Å²) in [7, 11) is 0. The van der Waals surface area contributed by atoms with Crippen LogP contribution in [0.25, 0.3) is 0 Å². The molecule has 108 valence electrons. The Morgan fingerprint density at radius 1 is 1.06 bits per heavy atom. The molecule has 2 aliphatic carbocycles. The Balaban J connectivity index is 0.000000771. The summed E-state index contributed by atoms with van der Waals surface area (Å²) in [6, 6.07) is 0. The smallest absolute Gasteiger partial charge is 0.0266 e. The van der Waals surface area contributed by atoms with Crippen molar-refractivity contribution in [3.05, 3.63) is 0 Å². The third-order valence-corrected chi connectivity index (χ3v) is 5.90. The fraction of sp³-hybridized carbons (Fsp3) is 1.00. The van der Waals surface area contributed by atoms with Crippen LogP contribution in [0.1, 0.15) is 86.5 Å². The van der Waals surface area contributed by atoms with E-state index in [4.69, 9.17) is 0 Å². The summed E-state index contributed by atoms with van der Waals surface area (Å²) < 4.78 is 0. The van der Waals surface area contributed by atoms with E-state index in [-0.39, 0.29) is 0 Å². The van der Waals surface area contributed by atoms with Crippen LogP contribution in [0.2, 0.25) is 0 Å². The standard InChI is InChI=1S/C16H30.C2H6/c1-5-6-15-13(3)7-8-14-11-12(2)9-10-16(14,15)4;1-2/h12-15H,5-11H2,1-4H3;1-2H3. The molecule has 2 aliphatic rings. The zero-order valence-electron chi connectivity index (χ0n) is 13.8. The molecule has 5 atom stereocenters. The van der Waals surface area contributed by atoms with Crippen LogP contribution < -0.4 is 0 Å². The predicted octanol–water partition coefficient (Wildman–Crippen LogP) is 6.30. The quantitative estimate of drug-likeness (QED) is 0.541. The first-order valence-electron chi connectivity index (χ1n) is 8.58. The van der Waals surface area contributed by atoms with Gasteiger partial charge in [-0.25, -0.2) is 0 Å². The van der Waals surface area contributed by atoms with Crippen LogP contribution in [-0.4, -0.2) is 0 Å². The molecule has 0 spiro atoms. The van der Waals surface area contributed by atoms with Crippen molar-refractivity contribution in [3.63, 3.8) is 0 Å². The maximum absolute atomic E-state index is 2.62. The summed E-state index contributed by atoms with van der Waals surface area (Å²) in [4.78, 5) is 0. The van der Waals surface area contributed by atoms with Crippen molar-refractivity contribution in [1.82, 2.24) is 0 Å². The van der Waals surface area contributed by atoms with E-state index in [0.29, 0.717) is 5.41 Å². The van der Waals surface area contributed by atoms with Gasteiger partial charge in [-0.2, -0.15) is 0 Å². The van der Waals surface area contributed by atoms with Gasteiger partial charge in [-0.05, 0) is 54.8 Å². The summed E-state index contributed by atoms with van der Waals surface area (Å²) in [5, 5.41) is 0. The Bertz CT molecular complexity index is 232. The van der Waals surface area contributed by atoms with Gasteiger partial charge in [-0.15, -0.1) is 0 Å². The predicted molar refractivity (Wildman–Crippen MR) is 82.8 cm³/mol. The minimum atomic E-state index is 0.695. The number of hydrogen-bond acceptors (Lipinski definition) is 0. The van der Waals surface area contributed by atoms with Crippen LogP contribution in [0.5, 0.6) is 0 Å². The minimum Gasteiger partial charge on any atom is -0.0683 e. The van der Waals surface area contributed by atoms with Crippen molar-refractivity contribution >= 4 is 0 Å². The van der Waals surface area contributed by atoms with Gasteiger partial charge in [0.15, 0.2) is 0 Å². The molecule has 0 nitrogen and oxygen atoms in total. The lowest BCUT2D eigenvalue weighted by atomic mass is 9.51. The maximum atomic E-state index is 2.62. The largest absolute Gasteiger partial charge is 0.0683 e. The molecule has 2 saturated carbocycles. The van der Waals surface area contributed by atoms with Gasteiger partial charge in [0.05, 0.1) is 0 Å². The molecular weight excluding hydrogens is 216 g/mol. The lowest BCUT2D eigenvalue weighted by molar-refractivity contribution is -0.0470. The summed E-state index contributed by atoms with van der Waals surface area (Å²) in [5.41, 5.74) is 0.695. The zero-order chi connectivity index (χ0) is 13.8. The fourth-order valence-electron chi connectivity index (χ4n) is 4.81. The van der Waals surface area contributed by atoms with Gasteiger partial charge < -0.3 is 0 Å². The molecule has 0 amide bonds. The second-order valence-electron chi connectivity index (χ2n) is 7.03. The van der Waals surface area contributed by atoms with E-state index < -0.39 is 0 Å². The van der Waals surface area contributed by atoms with Crippen molar-refractivity contribution in [2.24, 2.45) is 29.1 Å². The Morgan fingerprint density at radius 3 is 2.33 bits per heavy atom. The first-order valence-corrected chi connectivity index (χ1v) is 8.58. The second-order valence-corrected chi connectivity index (χ2v) is 7.03. The van der Waals surface area contributed by atoms with Crippen molar-refractivity contribution in [1.29, 1.82) is 0 Å². The lowest BCUT2D eigenvalue weighted by Crippen LogP contribution is -2.46. The van der Waals surface area contributed by atoms with E-state index >= 15 is 0 Å². The molecule has 0 N–H and O–H groups in total. The van der Waals surface area contributed by atoms with E-state index in [9.17, 15) is 0 Å². The highest BCUT2D eigenvalue weighted by Gasteiger charge is 2.48. The number of rotatable bonds is 2. The average molecular weight is 252 g/mol. The van der Waals surface area contributed by atoms with E-state index in [1.54, 1.807) is 0 Å². The van der Waals surface area contributed by atoms with E-state index in [1.165, 1.54) is 44.9 Å². The monoisotopic (exact) mass is 252 g/mol. The van der Waals surface area contributed by atoms with Crippen LogP contribution in [-0.2, 0) is 0 Å².